The molecule has 1 rings (SSSR count). The molecule has 122 valence electrons. The topological polar surface area (TPSA) is 75.6 Å². The summed E-state index contributed by atoms with van der Waals surface area (Å²) in [7, 11) is 1.60. The number of carbonyl (C=O) groups excluding carboxylic acids is 1. The molecular weight excluding hydrogens is 282 g/mol. The summed E-state index contributed by atoms with van der Waals surface area (Å²) in [5.41, 5.74) is -0.185. The number of hydrogen-bond donors (Lipinski definition) is 2. The number of amides is 1. The average molecular weight is 307 g/mol. The molecule has 0 aliphatic carbocycles. The second kappa shape index (κ2) is 7.82. The Morgan fingerprint density at radius 3 is 2.27 bits per heavy atom. The molecule has 0 aliphatic rings. The number of methoxy groups -OCH3 is 1. The van der Waals surface area contributed by atoms with Gasteiger partial charge in [0.05, 0.1) is 7.11 Å². The van der Waals surface area contributed by atoms with Crippen molar-refractivity contribution in [2.45, 2.75) is 45.6 Å². The van der Waals surface area contributed by atoms with Crippen LogP contribution in [0.15, 0.2) is 24.3 Å². The van der Waals surface area contributed by atoms with E-state index < -0.39 is 11.5 Å². The smallest absolute Gasteiger partial charge is 0.329 e. The lowest BCUT2D eigenvalue weighted by molar-refractivity contribution is -0.150. The highest BCUT2D eigenvalue weighted by Gasteiger charge is 2.41. The van der Waals surface area contributed by atoms with Gasteiger partial charge in [-0.25, -0.2) is 4.79 Å². The number of hydrogen-bond acceptors (Lipinski definition) is 3. The maximum Gasteiger partial charge on any atom is 0.329 e. The number of carboxylic acid groups (broad SMARTS) is 1. The number of ether oxygens (including phenoxy) is 1. The van der Waals surface area contributed by atoms with Crippen LogP contribution in [0.1, 0.15) is 39.2 Å². The van der Waals surface area contributed by atoms with Gasteiger partial charge >= 0.3 is 5.97 Å². The van der Waals surface area contributed by atoms with Crippen LogP contribution in [0.5, 0.6) is 5.75 Å². The van der Waals surface area contributed by atoms with Gasteiger partial charge in [0, 0.05) is 6.42 Å². The molecule has 0 spiro atoms. The molecule has 0 bridgehead atoms. The molecular formula is C17H25NO4. The first-order valence-electron chi connectivity index (χ1n) is 7.53. The van der Waals surface area contributed by atoms with Crippen molar-refractivity contribution < 1.29 is 19.4 Å². The highest BCUT2D eigenvalue weighted by Crippen LogP contribution is 2.22. The average Bonchev–Trinajstić information content (AvgIpc) is 2.50. The summed E-state index contributed by atoms with van der Waals surface area (Å²) in [5, 5.41) is 12.2. The molecule has 1 aromatic carbocycles. The highest BCUT2D eigenvalue weighted by atomic mass is 16.5. The highest BCUT2D eigenvalue weighted by molar-refractivity contribution is 5.87. The van der Waals surface area contributed by atoms with Gasteiger partial charge in [0.2, 0.25) is 5.91 Å². The summed E-state index contributed by atoms with van der Waals surface area (Å²) in [4.78, 5) is 23.7. The van der Waals surface area contributed by atoms with Gasteiger partial charge in [-0.3, -0.25) is 4.79 Å². The van der Waals surface area contributed by atoms with Gasteiger partial charge in [0.1, 0.15) is 11.3 Å². The number of carboxylic acids is 1. The minimum Gasteiger partial charge on any atom is -0.497 e. The molecule has 22 heavy (non-hydrogen) atoms. The van der Waals surface area contributed by atoms with Crippen molar-refractivity contribution in [3.8, 4) is 5.75 Å². The molecule has 1 atom stereocenters. The van der Waals surface area contributed by atoms with Crippen LogP contribution >= 0.6 is 0 Å². The number of carbonyl (C=O) groups is 2. The van der Waals surface area contributed by atoms with E-state index >= 15 is 0 Å². The van der Waals surface area contributed by atoms with E-state index in [0.29, 0.717) is 12.8 Å². The van der Waals surface area contributed by atoms with Gasteiger partial charge in [-0.1, -0.05) is 32.9 Å². The predicted octanol–water partition coefficient (Wildman–Crippen LogP) is 2.63. The zero-order valence-corrected chi connectivity index (χ0v) is 13.7. The molecule has 0 aromatic heterocycles. The number of nitrogens with one attached hydrogen (secondary N) is 1. The summed E-state index contributed by atoms with van der Waals surface area (Å²) in [6.07, 6.45) is 1.18. The van der Waals surface area contributed by atoms with Crippen LogP contribution in [-0.2, 0) is 16.0 Å². The van der Waals surface area contributed by atoms with Crippen LogP contribution < -0.4 is 10.1 Å². The van der Waals surface area contributed by atoms with Crippen molar-refractivity contribution in [1.29, 1.82) is 0 Å². The van der Waals surface area contributed by atoms with Crippen LogP contribution in [0.25, 0.3) is 0 Å². The van der Waals surface area contributed by atoms with Crippen LogP contribution in [-0.4, -0.2) is 29.6 Å². The zero-order chi connectivity index (χ0) is 16.8. The Balaban J connectivity index is 2.66. The van der Waals surface area contributed by atoms with E-state index in [1.807, 2.05) is 24.3 Å². The summed E-state index contributed by atoms with van der Waals surface area (Å²) < 4.78 is 5.08. The third-order valence-corrected chi connectivity index (χ3v) is 4.09. The Kier molecular flexibility index (Phi) is 6.40. The Hall–Kier alpha value is -2.04. The summed E-state index contributed by atoms with van der Waals surface area (Å²) in [5.74, 6) is -0.639. The third kappa shape index (κ3) is 4.23. The Bertz CT molecular complexity index is 510. The van der Waals surface area contributed by atoms with Gasteiger partial charge in [-0.15, -0.1) is 0 Å². The van der Waals surface area contributed by atoms with Crippen molar-refractivity contribution >= 4 is 11.9 Å². The van der Waals surface area contributed by atoms with E-state index in [-0.39, 0.29) is 18.2 Å². The minimum atomic E-state index is -1.20. The maximum absolute atomic E-state index is 12.1. The molecule has 2 N–H and O–H groups in total. The number of aryl methyl sites for hydroxylation is 1. The fourth-order valence-electron chi connectivity index (χ4n) is 2.45. The quantitative estimate of drug-likeness (QED) is 0.774. The number of rotatable bonds is 8. The zero-order valence-electron chi connectivity index (χ0n) is 13.7. The third-order valence-electron chi connectivity index (χ3n) is 4.09. The van der Waals surface area contributed by atoms with Crippen molar-refractivity contribution in [3.05, 3.63) is 29.8 Å². The van der Waals surface area contributed by atoms with Gasteiger partial charge in [-0.2, -0.15) is 0 Å². The lowest BCUT2D eigenvalue weighted by Crippen LogP contribution is -2.57. The lowest BCUT2D eigenvalue weighted by Gasteiger charge is -2.33. The normalized spacial score (nSPS) is 13.5. The Morgan fingerprint density at radius 1 is 1.27 bits per heavy atom. The lowest BCUT2D eigenvalue weighted by atomic mass is 9.83. The summed E-state index contributed by atoms with van der Waals surface area (Å²) >= 11 is 0. The molecule has 0 fully saturated rings. The SMILES string of the molecule is CCC(NC(=O)CCc1ccc(OC)cc1)(C(=O)O)C(C)C. The molecule has 0 radical (unpaired) electrons. The first-order chi connectivity index (χ1) is 10.4. The van der Waals surface area contributed by atoms with E-state index in [1.165, 1.54) is 0 Å². The monoisotopic (exact) mass is 307 g/mol. The number of benzene rings is 1. The van der Waals surface area contributed by atoms with Crippen molar-refractivity contribution in [3.63, 3.8) is 0 Å². The second-order valence-corrected chi connectivity index (χ2v) is 5.68. The standard InChI is InChI=1S/C17H25NO4/c1-5-17(12(2)3,16(20)21)18-15(19)11-8-13-6-9-14(22-4)10-7-13/h6-7,9-10,12H,5,8,11H2,1-4H3,(H,18,19)(H,20,21). The molecule has 1 amide bonds. The predicted molar refractivity (Wildman–Crippen MR) is 85.0 cm³/mol. The minimum absolute atomic E-state index is 0.181. The first kappa shape index (κ1) is 18.0. The van der Waals surface area contributed by atoms with Gasteiger partial charge < -0.3 is 15.2 Å². The van der Waals surface area contributed by atoms with E-state index in [0.717, 1.165) is 11.3 Å². The van der Waals surface area contributed by atoms with Crippen molar-refractivity contribution in [2.24, 2.45) is 5.92 Å². The van der Waals surface area contributed by atoms with E-state index in [4.69, 9.17) is 4.74 Å². The fourth-order valence-corrected chi connectivity index (χ4v) is 2.45. The van der Waals surface area contributed by atoms with E-state index in [2.05, 4.69) is 5.32 Å². The largest absolute Gasteiger partial charge is 0.497 e. The molecule has 5 heteroatoms. The molecule has 0 saturated heterocycles. The van der Waals surface area contributed by atoms with Gasteiger partial charge in [0.25, 0.3) is 0 Å². The fraction of sp³-hybridized carbons (Fsp3) is 0.529. The molecule has 1 aromatic rings. The molecule has 5 nitrogen and oxygen atoms in total. The van der Waals surface area contributed by atoms with E-state index in [1.54, 1.807) is 27.9 Å². The molecule has 1 unspecified atom stereocenters. The molecule has 0 saturated carbocycles. The first-order valence-corrected chi connectivity index (χ1v) is 7.53. The van der Waals surface area contributed by atoms with Gasteiger partial charge in [-0.05, 0) is 36.5 Å². The van der Waals surface area contributed by atoms with Gasteiger partial charge in [0.15, 0.2) is 0 Å². The maximum atomic E-state index is 12.1. The summed E-state index contributed by atoms with van der Waals surface area (Å²) in [6, 6.07) is 7.49. The van der Waals surface area contributed by atoms with Crippen molar-refractivity contribution in [2.75, 3.05) is 7.11 Å². The Labute approximate surface area is 131 Å². The molecule has 0 heterocycles. The van der Waals surface area contributed by atoms with Crippen molar-refractivity contribution in [1.82, 2.24) is 5.32 Å². The Morgan fingerprint density at radius 2 is 1.86 bits per heavy atom. The number of aliphatic carboxylic acids is 1. The van der Waals surface area contributed by atoms with Crippen LogP contribution in [0.4, 0.5) is 0 Å². The molecule has 0 aliphatic heterocycles. The van der Waals surface area contributed by atoms with E-state index in [9.17, 15) is 14.7 Å². The van der Waals surface area contributed by atoms with Crippen LogP contribution in [0.3, 0.4) is 0 Å². The van der Waals surface area contributed by atoms with Crippen LogP contribution in [0, 0.1) is 5.92 Å². The summed E-state index contributed by atoms with van der Waals surface area (Å²) in [6.45, 7) is 5.39. The second-order valence-electron chi connectivity index (χ2n) is 5.68. The van der Waals surface area contributed by atoms with Crippen LogP contribution in [0.2, 0.25) is 0 Å².